The first-order chi connectivity index (χ1) is 11.6. The van der Waals surface area contributed by atoms with Crippen LogP contribution in [0.15, 0.2) is 52.2 Å². The lowest BCUT2D eigenvalue weighted by molar-refractivity contribution is -0.121. The molecule has 1 fully saturated rings. The lowest BCUT2D eigenvalue weighted by atomic mass is 10.2. The highest BCUT2D eigenvalue weighted by Crippen LogP contribution is 2.34. The van der Waals surface area contributed by atoms with Crippen molar-refractivity contribution < 1.29 is 9.18 Å². The van der Waals surface area contributed by atoms with Gasteiger partial charge in [0, 0.05) is 11.9 Å². The second-order valence-corrected chi connectivity index (χ2v) is 6.88. The minimum absolute atomic E-state index is 0.142. The summed E-state index contributed by atoms with van der Waals surface area (Å²) < 4.78 is 13.0. The second-order valence-electron chi connectivity index (χ2n) is 5.03. The monoisotopic (exact) mass is 359 g/mol. The molecule has 0 N–H and O–H groups in total. The van der Waals surface area contributed by atoms with Crippen molar-refractivity contribution in [3.8, 4) is 0 Å². The van der Waals surface area contributed by atoms with Gasteiger partial charge in [0.05, 0.1) is 10.6 Å². The third-order valence-corrected chi connectivity index (χ3v) is 5.02. The summed E-state index contributed by atoms with van der Waals surface area (Å²) >= 11 is 2.71. The van der Waals surface area contributed by atoms with Crippen molar-refractivity contribution in [3.05, 3.63) is 64.3 Å². The number of rotatable bonds is 4. The number of amidine groups is 1. The molecule has 1 aliphatic rings. The summed E-state index contributed by atoms with van der Waals surface area (Å²) in [4.78, 5) is 23.5. The second kappa shape index (κ2) is 7.11. The summed E-state index contributed by atoms with van der Waals surface area (Å²) in [6.45, 7) is 5.96. The fraction of sp³-hybridized carbons (Fsp3) is 0.118. The summed E-state index contributed by atoms with van der Waals surface area (Å²) in [6.07, 6.45) is 3.39. The summed E-state index contributed by atoms with van der Waals surface area (Å²) in [7, 11) is 0. The Bertz CT molecular complexity index is 840. The van der Waals surface area contributed by atoms with E-state index in [1.807, 2.05) is 12.3 Å². The molecule has 0 aliphatic carbocycles. The molecule has 2 aromatic rings. The van der Waals surface area contributed by atoms with Gasteiger partial charge in [-0.2, -0.15) is 4.99 Å². The number of hydrogen-bond donors (Lipinski definition) is 0. The van der Waals surface area contributed by atoms with E-state index in [0.717, 1.165) is 11.3 Å². The molecule has 1 aromatic heterocycles. The topological polar surface area (TPSA) is 45.6 Å². The van der Waals surface area contributed by atoms with Crippen LogP contribution >= 0.6 is 23.1 Å². The summed E-state index contributed by atoms with van der Waals surface area (Å²) in [6, 6.07) is 6.00. The van der Waals surface area contributed by atoms with E-state index in [-0.39, 0.29) is 11.7 Å². The first-order valence-corrected chi connectivity index (χ1v) is 8.85. The number of carbonyl (C=O) groups excluding carboxylic acids is 1. The number of halogens is 1. The molecule has 122 valence electrons. The molecule has 1 aromatic carbocycles. The van der Waals surface area contributed by atoms with E-state index in [4.69, 9.17) is 0 Å². The minimum Gasteiger partial charge on any atom is -0.282 e. The first kappa shape index (κ1) is 16.6. The number of nitrogens with zero attached hydrogens (tertiary/aromatic N) is 3. The smallest absolute Gasteiger partial charge is 0.267 e. The van der Waals surface area contributed by atoms with E-state index in [1.54, 1.807) is 29.2 Å². The molecule has 0 unspecified atom stereocenters. The Kier molecular flexibility index (Phi) is 4.92. The number of aromatic nitrogens is 1. The van der Waals surface area contributed by atoms with Crippen molar-refractivity contribution in [2.45, 2.75) is 6.92 Å². The van der Waals surface area contributed by atoms with Crippen LogP contribution in [0.2, 0.25) is 0 Å². The van der Waals surface area contributed by atoms with E-state index >= 15 is 0 Å². The maximum atomic E-state index is 13.0. The highest BCUT2D eigenvalue weighted by Gasteiger charge is 2.32. The summed E-state index contributed by atoms with van der Waals surface area (Å²) in [5.41, 5.74) is 1.66. The van der Waals surface area contributed by atoms with Crippen molar-refractivity contribution in [1.29, 1.82) is 0 Å². The standard InChI is InChI=1S/C17H14FN3OS2/c1-3-8-21-15(22)14(9-12-4-6-13(18)7-5-12)24-17(21)20-16-19-11(2)10-23-16/h3-7,9-10H,1,8H2,2H3/b14-9-,20-17+. The molecule has 0 saturated carbocycles. The number of hydrogen-bond acceptors (Lipinski definition) is 5. The zero-order valence-corrected chi connectivity index (χ0v) is 14.5. The fourth-order valence-corrected chi connectivity index (χ4v) is 3.78. The van der Waals surface area contributed by atoms with Gasteiger partial charge >= 0.3 is 0 Å². The lowest BCUT2D eigenvalue weighted by Crippen LogP contribution is -2.29. The molecular formula is C17H14FN3OS2. The van der Waals surface area contributed by atoms with Crippen LogP contribution in [-0.4, -0.2) is 27.5 Å². The average molecular weight is 359 g/mol. The van der Waals surface area contributed by atoms with Crippen LogP contribution in [-0.2, 0) is 4.79 Å². The Morgan fingerprint density at radius 2 is 2.12 bits per heavy atom. The molecule has 0 spiro atoms. The minimum atomic E-state index is -0.308. The fourth-order valence-electron chi connectivity index (χ4n) is 2.07. The summed E-state index contributed by atoms with van der Waals surface area (Å²) in [5.74, 6) is -0.450. The van der Waals surface area contributed by atoms with Crippen LogP contribution in [0.25, 0.3) is 6.08 Å². The van der Waals surface area contributed by atoms with Crippen LogP contribution in [0.4, 0.5) is 9.52 Å². The number of thiazole rings is 1. The van der Waals surface area contributed by atoms with E-state index in [1.165, 1.54) is 35.2 Å². The number of benzene rings is 1. The zero-order valence-electron chi connectivity index (χ0n) is 12.9. The van der Waals surface area contributed by atoms with E-state index < -0.39 is 0 Å². The van der Waals surface area contributed by atoms with Crippen molar-refractivity contribution in [1.82, 2.24) is 9.88 Å². The van der Waals surface area contributed by atoms with E-state index in [9.17, 15) is 9.18 Å². The van der Waals surface area contributed by atoms with Gasteiger partial charge in [-0.15, -0.1) is 17.9 Å². The van der Waals surface area contributed by atoms with Crippen LogP contribution in [0.3, 0.4) is 0 Å². The van der Waals surface area contributed by atoms with Crippen LogP contribution < -0.4 is 0 Å². The number of amides is 1. The molecule has 0 atom stereocenters. The molecule has 24 heavy (non-hydrogen) atoms. The zero-order chi connectivity index (χ0) is 17.1. The molecule has 2 heterocycles. The Balaban J connectivity index is 1.93. The number of aliphatic imine (C=N–C) groups is 1. The van der Waals surface area contributed by atoms with Gasteiger partial charge in [0.1, 0.15) is 5.82 Å². The summed E-state index contributed by atoms with van der Waals surface area (Å²) in [5, 5.41) is 3.09. The number of carbonyl (C=O) groups is 1. The van der Waals surface area contributed by atoms with Crippen LogP contribution in [0.1, 0.15) is 11.3 Å². The first-order valence-electron chi connectivity index (χ1n) is 7.15. The Hall–Kier alpha value is -2.25. The van der Waals surface area contributed by atoms with Crippen LogP contribution in [0, 0.1) is 12.7 Å². The Morgan fingerprint density at radius 3 is 2.75 bits per heavy atom. The van der Waals surface area contributed by atoms with Gasteiger partial charge in [0.2, 0.25) is 5.13 Å². The highest BCUT2D eigenvalue weighted by molar-refractivity contribution is 8.18. The Morgan fingerprint density at radius 1 is 1.38 bits per heavy atom. The van der Waals surface area contributed by atoms with Crippen LogP contribution in [0.5, 0.6) is 0 Å². The lowest BCUT2D eigenvalue weighted by Gasteiger charge is -2.11. The largest absolute Gasteiger partial charge is 0.282 e. The van der Waals surface area contributed by atoms with Gasteiger partial charge in [0.15, 0.2) is 5.17 Å². The quantitative estimate of drug-likeness (QED) is 0.601. The van der Waals surface area contributed by atoms with Gasteiger partial charge in [0.25, 0.3) is 5.91 Å². The molecule has 1 amide bonds. The molecule has 0 bridgehead atoms. The van der Waals surface area contributed by atoms with Crippen molar-refractivity contribution in [2.24, 2.45) is 4.99 Å². The maximum Gasteiger partial charge on any atom is 0.267 e. The SMILES string of the molecule is C=CCN1C(=O)/C(=C/c2ccc(F)cc2)S/C1=N/c1nc(C)cs1. The molecule has 7 heteroatoms. The normalized spacial score (nSPS) is 17.9. The highest BCUT2D eigenvalue weighted by atomic mass is 32.2. The molecule has 1 saturated heterocycles. The molecule has 4 nitrogen and oxygen atoms in total. The molecule has 0 radical (unpaired) electrons. The van der Waals surface area contributed by atoms with Crippen molar-refractivity contribution >= 4 is 45.4 Å². The van der Waals surface area contributed by atoms with Gasteiger partial charge in [-0.3, -0.25) is 9.69 Å². The van der Waals surface area contributed by atoms with Gasteiger partial charge in [-0.1, -0.05) is 18.2 Å². The molecular weight excluding hydrogens is 345 g/mol. The van der Waals surface area contributed by atoms with Gasteiger partial charge in [-0.05, 0) is 42.5 Å². The maximum absolute atomic E-state index is 13.0. The predicted molar refractivity (Wildman–Crippen MR) is 97.8 cm³/mol. The van der Waals surface area contributed by atoms with Gasteiger partial charge < -0.3 is 0 Å². The van der Waals surface area contributed by atoms with Crippen molar-refractivity contribution in [2.75, 3.05) is 6.54 Å². The molecule has 1 aliphatic heterocycles. The Labute approximate surface area is 147 Å². The molecule has 3 rings (SSSR count). The third kappa shape index (κ3) is 3.63. The van der Waals surface area contributed by atoms with Crippen molar-refractivity contribution in [3.63, 3.8) is 0 Å². The van der Waals surface area contributed by atoms with E-state index in [2.05, 4.69) is 16.6 Å². The number of aryl methyl sites for hydroxylation is 1. The van der Waals surface area contributed by atoms with E-state index in [0.29, 0.717) is 21.7 Å². The van der Waals surface area contributed by atoms with Gasteiger partial charge in [-0.25, -0.2) is 9.37 Å². The number of thioether (sulfide) groups is 1. The third-order valence-electron chi connectivity index (χ3n) is 3.17. The average Bonchev–Trinajstić information content (AvgIpc) is 3.09. The predicted octanol–water partition coefficient (Wildman–Crippen LogP) is 4.38.